The molecular weight excluding hydrogens is 276 g/mol. The van der Waals surface area contributed by atoms with E-state index in [0.717, 1.165) is 24.2 Å². The molecule has 102 valence electrons. The first-order valence-electron chi connectivity index (χ1n) is 6.41. The van der Waals surface area contributed by atoms with Crippen molar-refractivity contribution < 1.29 is 9.21 Å². The van der Waals surface area contributed by atoms with Gasteiger partial charge in [0, 0.05) is 16.5 Å². The van der Waals surface area contributed by atoms with Gasteiger partial charge in [-0.1, -0.05) is 11.6 Å². The van der Waals surface area contributed by atoms with Crippen LogP contribution in [0.25, 0.3) is 11.3 Å². The zero-order valence-corrected chi connectivity index (χ0v) is 11.4. The predicted octanol–water partition coefficient (Wildman–Crippen LogP) is 3.46. The minimum atomic E-state index is -0.0225. The summed E-state index contributed by atoms with van der Waals surface area (Å²) in [6, 6.07) is 11.0. The third-order valence-corrected chi connectivity index (χ3v) is 3.32. The Kier molecular flexibility index (Phi) is 3.56. The van der Waals surface area contributed by atoms with E-state index in [9.17, 15) is 4.79 Å². The number of carbonyl (C=O) groups is 1. The van der Waals surface area contributed by atoms with Crippen molar-refractivity contribution in [3.63, 3.8) is 0 Å². The molecule has 0 unspecified atom stereocenters. The maximum atomic E-state index is 11.4. The normalized spacial score (nSPS) is 14.7. The highest BCUT2D eigenvalue weighted by atomic mass is 35.5. The van der Waals surface area contributed by atoms with E-state index in [-0.39, 0.29) is 11.8 Å². The van der Waals surface area contributed by atoms with Crippen LogP contribution in [0, 0.1) is 5.92 Å². The summed E-state index contributed by atoms with van der Waals surface area (Å²) in [6.45, 7) is 0. The van der Waals surface area contributed by atoms with Gasteiger partial charge in [-0.05, 0) is 49.2 Å². The zero-order valence-electron chi connectivity index (χ0n) is 10.7. The molecule has 5 heteroatoms. The Morgan fingerprint density at radius 1 is 1.25 bits per heavy atom. The van der Waals surface area contributed by atoms with Crippen molar-refractivity contribution in [2.75, 3.05) is 0 Å². The van der Waals surface area contributed by atoms with Crippen molar-refractivity contribution in [1.82, 2.24) is 5.43 Å². The number of hydrazone groups is 1. The van der Waals surface area contributed by atoms with E-state index < -0.39 is 0 Å². The highest BCUT2D eigenvalue weighted by molar-refractivity contribution is 6.30. The van der Waals surface area contributed by atoms with E-state index >= 15 is 0 Å². The summed E-state index contributed by atoms with van der Waals surface area (Å²) in [5.74, 6) is 1.45. The topological polar surface area (TPSA) is 54.6 Å². The fraction of sp³-hybridized carbons (Fsp3) is 0.200. The van der Waals surface area contributed by atoms with Crippen LogP contribution < -0.4 is 5.43 Å². The van der Waals surface area contributed by atoms with Crippen molar-refractivity contribution >= 4 is 23.7 Å². The molecule has 0 radical (unpaired) electrons. The molecule has 1 aliphatic carbocycles. The Morgan fingerprint density at radius 3 is 2.70 bits per heavy atom. The minimum Gasteiger partial charge on any atom is -0.455 e. The molecule has 0 spiro atoms. The van der Waals surface area contributed by atoms with Gasteiger partial charge in [0.1, 0.15) is 11.5 Å². The smallest absolute Gasteiger partial charge is 0.243 e. The highest BCUT2D eigenvalue weighted by Crippen LogP contribution is 2.28. The molecule has 4 nitrogen and oxygen atoms in total. The number of carbonyl (C=O) groups excluding carboxylic acids is 1. The average Bonchev–Trinajstić information content (AvgIpc) is 3.20. The largest absolute Gasteiger partial charge is 0.455 e. The lowest BCUT2D eigenvalue weighted by molar-refractivity contribution is -0.122. The molecule has 2 aromatic rings. The van der Waals surface area contributed by atoms with Crippen LogP contribution in [0.5, 0.6) is 0 Å². The lowest BCUT2D eigenvalue weighted by Crippen LogP contribution is -2.18. The number of rotatable bonds is 4. The summed E-state index contributed by atoms with van der Waals surface area (Å²) in [6.07, 6.45) is 3.42. The second kappa shape index (κ2) is 5.51. The van der Waals surface area contributed by atoms with E-state index in [1.165, 1.54) is 6.21 Å². The second-order valence-electron chi connectivity index (χ2n) is 4.72. The average molecular weight is 289 g/mol. The Labute approximate surface area is 121 Å². The number of nitrogens with one attached hydrogen (secondary N) is 1. The van der Waals surface area contributed by atoms with Crippen LogP contribution in [0.15, 0.2) is 45.9 Å². The van der Waals surface area contributed by atoms with Crippen LogP contribution in [-0.2, 0) is 4.79 Å². The Morgan fingerprint density at radius 2 is 2.00 bits per heavy atom. The van der Waals surface area contributed by atoms with Gasteiger partial charge in [0.05, 0.1) is 6.21 Å². The van der Waals surface area contributed by atoms with Gasteiger partial charge in [0.15, 0.2) is 0 Å². The van der Waals surface area contributed by atoms with Gasteiger partial charge in [-0.2, -0.15) is 5.10 Å². The quantitative estimate of drug-likeness (QED) is 0.692. The second-order valence-corrected chi connectivity index (χ2v) is 5.15. The summed E-state index contributed by atoms with van der Waals surface area (Å²) in [7, 11) is 0. The maximum Gasteiger partial charge on any atom is 0.243 e. The standard InChI is InChI=1S/C15H13ClN2O2/c16-12-5-3-10(4-6-12)14-8-7-13(20-14)9-17-18-15(19)11-1-2-11/h3-9,11H,1-2H2,(H,18,19)/b17-9+. The molecule has 0 aliphatic heterocycles. The molecule has 1 aromatic carbocycles. The van der Waals surface area contributed by atoms with E-state index in [0.29, 0.717) is 10.8 Å². The molecule has 0 bridgehead atoms. The van der Waals surface area contributed by atoms with Gasteiger partial charge in [0.25, 0.3) is 0 Å². The minimum absolute atomic E-state index is 0.0225. The summed E-state index contributed by atoms with van der Waals surface area (Å²) in [5.41, 5.74) is 3.44. The predicted molar refractivity (Wildman–Crippen MR) is 77.6 cm³/mol. The highest BCUT2D eigenvalue weighted by Gasteiger charge is 2.29. The van der Waals surface area contributed by atoms with Crippen LogP contribution in [0.4, 0.5) is 0 Å². The number of hydrogen-bond donors (Lipinski definition) is 1. The van der Waals surface area contributed by atoms with Crippen LogP contribution in [-0.4, -0.2) is 12.1 Å². The van der Waals surface area contributed by atoms with Crippen molar-refractivity contribution in [1.29, 1.82) is 0 Å². The van der Waals surface area contributed by atoms with Crippen LogP contribution >= 0.6 is 11.6 Å². The summed E-state index contributed by atoms with van der Waals surface area (Å²) in [5, 5.41) is 4.57. The third-order valence-electron chi connectivity index (χ3n) is 3.07. The Balaban J connectivity index is 1.65. The van der Waals surface area contributed by atoms with E-state index in [1.807, 2.05) is 30.3 Å². The molecular formula is C15H13ClN2O2. The van der Waals surface area contributed by atoms with Crippen LogP contribution in [0.2, 0.25) is 5.02 Å². The molecule has 1 amide bonds. The molecule has 1 fully saturated rings. The fourth-order valence-electron chi connectivity index (χ4n) is 1.79. The summed E-state index contributed by atoms with van der Waals surface area (Å²) in [4.78, 5) is 11.4. The molecule has 1 saturated carbocycles. The van der Waals surface area contributed by atoms with Crippen molar-refractivity contribution in [3.8, 4) is 11.3 Å². The third kappa shape index (κ3) is 3.08. The van der Waals surface area contributed by atoms with E-state index in [2.05, 4.69) is 10.5 Å². The summed E-state index contributed by atoms with van der Waals surface area (Å²) < 4.78 is 5.62. The van der Waals surface area contributed by atoms with Crippen molar-refractivity contribution in [2.24, 2.45) is 11.0 Å². The molecule has 1 aliphatic rings. The number of furan rings is 1. The number of halogens is 1. The van der Waals surface area contributed by atoms with Gasteiger partial charge in [-0.25, -0.2) is 5.43 Å². The van der Waals surface area contributed by atoms with E-state index in [4.69, 9.17) is 16.0 Å². The number of hydrogen-bond acceptors (Lipinski definition) is 3. The molecule has 3 rings (SSSR count). The van der Waals surface area contributed by atoms with Crippen LogP contribution in [0.3, 0.4) is 0 Å². The molecule has 1 N–H and O–H groups in total. The monoisotopic (exact) mass is 288 g/mol. The molecule has 0 saturated heterocycles. The lowest BCUT2D eigenvalue weighted by atomic mass is 10.2. The van der Waals surface area contributed by atoms with Gasteiger partial charge >= 0.3 is 0 Å². The van der Waals surface area contributed by atoms with Gasteiger partial charge in [-0.3, -0.25) is 4.79 Å². The number of amides is 1. The number of nitrogens with zero attached hydrogens (tertiary/aromatic N) is 1. The Hall–Kier alpha value is -2.07. The maximum absolute atomic E-state index is 11.4. The first kappa shape index (κ1) is 12.9. The zero-order chi connectivity index (χ0) is 13.9. The number of benzene rings is 1. The van der Waals surface area contributed by atoms with E-state index in [1.54, 1.807) is 6.07 Å². The lowest BCUT2D eigenvalue weighted by Gasteiger charge is -1.96. The fourth-order valence-corrected chi connectivity index (χ4v) is 1.91. The van der Waals surface area contributed by atoms with Gasteiger partial charge < -0.3 is 4.42 Å². The Bertz CT molecular complexity index is 642. The van der Waals surface area contributed by atoms with Crippen molar-refractivity contribution in [3.05, 3.63) is 47.2 Å². The first-order chi connectivity index (χ1) is 9.72. The van der Waals surface area contributed by atoms with Crippen molar-refractivity contribution in [2.45, 2.75) is 12.8 Å². The first-order valence-corrected chi connectivity index (χ1v) is 6.79. The molecule has 1 aromatic heterocycles. The molecule has 0 atom stereocenters. The van der Waals surface area contributed by atoms with Crippen LogP contribution in [0.1, 0.15) is 18.6 Å². The molecule has 20 heavy (non-hydrogen) atoms. The SMILES string of the molecule is O=C(N/N=C/c1ccc(-c2ccc(Cl)cc2)o1)C1CC1. The molecule has 1 heterocycles. The summed E-state index contributed by atoms with van der Waals surface area (Å²) >= 11 is 5.84. The van der Waals surface area contributed by atoms with Gasteiger partial charge in [0.2, 0.25) is 5.91 Å². The van der Waals surface area contributed by atoms with Gasteiger partial charge in [-0.15, -0.1) is 0 Å².